The quantitative estimate of drug-likeness (QED) is 0.593. The zero-order valence-electron chi connectivity index (χ0n) is 9.24. The van der Waals surface area contributed by atoms with Crippen molar-refractivity contribution < 1.29 is 19.4 Å². The molecule has 2 atom stereocenters. The maximum absolute atomic E-state index is 11.2. The van der Waals surface area contributed by atoms with Crippen molar-refractivity contribution in [2.24, 2.45) is 0 Å². The maximum atomic E-state index is 11.2. The third kappa shape index (κ3) is 6.73. The lowest BCUT2D eigenvalue weighted by Crippen LogP contribution is -2.48. The Balaban J connectivity index is 3.77. The standard InChI is InChI=1S/C9H18N2O4/c1-4-15-5-6(2)10-9(14)11-7(3)8(12)13/h6-7H,4-5H2,1-3H3,(H,12,13)(H2,10,11,14). The van der Waals surface area contributed by atoms with E-state index in [2.05, 4.69) is 10.6 Å². The van der Waals surface area contributed by atoms with Crippen molar-refractivity contribution in [1.82, 2.24) is 10.6 Å². The number of ether oxygens (including phenoxy) is 1. The van der Waals surface area contributed by atoms with Gasteiger partial charge in [0.25, 0.3) is 0 Å². The number of rotatable bonds is 6. The summed E-state index contributed by atoms with van der Waals surface area (Å²) in [5.41, 5.74) is 0. The number of hydrogen-bond acceptors (Lipinski definition) is 3. The molecule has 88 valence electrons. The summed E-state index contributed by atoms with van der Waals surface area (Å²) >= 11 is 0. The molecule has 0 aromatic heterocycles. The van der Waals surface area contributed by atoms with E-state index in [4.69, 9.17) is 9.84 Å². The fraction of sp³-hybridized carbons (Fsp3) is 0.778. The maximum Gasteiger partial charge on any atom is 0.325 e. The normalized spacial score (nSPS) is 14.1. The number of amides is 2. The van der Waals surface area contributed by atoms with Crippen LogP contribution in [-0.2, 0) is 9.53 Å². The molecule has 2 amide bonds. The van der Waals surface area contributed by atoms with Gasteiger partial charge in [-0.25, -0.2) is 4.79 Å². The molecule has 0 aromatic carbocycles. The molecule has 0 bridgehead atoms. The number of carbonyl (C=O) groups excluding carboxylic acids is 1. The topological polar surface area (TPSA) is 87.7 Å². The largest absolute Gasteiger partial charge is 0.480 e. The zero-order chi connectivity index (χ0) is 11.8. The van der Waals surface area contributed by atoms with Gasteiger partial charge in [-0.15, -0.1) is 0 Å². The molecule has 6 heteroatoms. The van der Waals surface area contributed by atoms with Crippen LogP contribution in [0.4, 0.5) is 4.79 Å². The first-order valence-electron chi connectivity index (χ1n) is 4.85. The minimum atomic E-state index is -1.07. The number of aliphatic carboxylic acids is 1. The van der Waals surface area contributed by atoms with Crippen molar-refractivity contribution >= 4 is 12.0 Å². The number of carboxylic acid groups (broad SMARTS) is 1. The van der Waals surface area contributed by atoms with Crippen LogP contribution in [0.1, 0.15) is 20.8 Å². The lowest BCUT2D eigenvalue weighted by Gasteiger charge is -2.15. The Morgan fingerprint density at radius 1 is 1.33 bits per heavy atom. The summed E-state index contributed by atoms with van der Waals surface area (Å²) in [6.45, 7) is 6.03. The summed E-state index contributed by atoms with van der Waals surface area (Å²) < 4.78 is 5.09. The summed E-state index contributed by atoms with van der Waals surface area (Å²) in [5, 5.41) is 13.4. The first-order valence-corrected chi connectivity index (χ1v) is 4.85. The molecule has 6 nitrogen and oxygen atoms in total. The van der Waals surface area contributed by atoms with Crippen molar-refractivity contribution in [1.29, 1.82) is 0 Å². The van der Waals surface area contributed by atoms with Gasteiger partial charge in [-0.1, -0.05) is 0 Å². The minimum absolute atomic E-state index is 0.147. The van der Waals surface area contributed by atoms with Gasteiger partial charge in [0.1, 0.15) is 6.04 Å². The van der Waals surface area contributed by atoms with Crippen molar-refractivity contribution in [3.05, 3.63) is 0 Å². The van der Waals surface area contributed by atoms with Crippen molar-refractivity contribution in [2.45, 2.75) is 32.9 Å². The van der Waals surface area contributed by atoms with E-state index in [0.29, 0.717) is 13.2 Å². The third-order valence-electron chi connectivity index (χ3n) is 1.67. The molecule has 0 saturated heterocycles. The predicted octanol–water partition coefficient (Wildman–Crippen LogP) is 0.184. The summed E-state index contributed by atoms with van der Waals surface area (Å²) in [5.74, 6) is -1.07. The molecule has 3 N–H and O–H groups in total. The zero-order valence-corrected chi connectivity index (χ0v) is 9.24. The van der Waals surface area contributed by atoms with Gasteiger partial charge in [0, 0.05) is 6.61 Å². The monoisotopic (exact) mass is 218 g/mol. The summed E-state index contributed by atoms with van der Waals surface area (Å²) in [7, 11) is 0. The highest BCUT2D eigenvalue weighted by Crippen LogP contribution is 1.86. The molecule has 0 heterocycles. The van der Waals surface area contributed by atoms with E-state index in [1.807, 2.05) is 6.92 Å². The molecule has 0 aromatic rings. The SMILES string of the molecule is CCOCC(C)NC(=O)NC(C)C(=O)O. The molecule has 15 heavy (non-hydrogen) atoms. The van der Waals surface area contributed by atoms with Crippen LogP contribution in [-0.4, -0.2) is 42.4 Å². The summed E-state index contributed by atoms with van der Waals surface area (Å²) in [6.07, 6.45) is 0. The molecule has 0 radical (unpaired) electrons. The molecule has 0 saturated carbocycles. The minimum Gasteiger partial charge on any atom is -0.480 e. The van der Waals surface area contributed by atoms with Crippen molar-refractivity contribution in [3.8, 4) is 0 Å². The Labute approximate surface area is 89.0 Å². The van der Waals surface area contributed by atoms with Gasteiger partial charge in [0.2, 0.25) is 0 Å². The van der Waals surface area contributed by atoms with Crippen molar-refractivity contribution in [3.63, 3.8) is 0 Å². The Kier molecular flexibility index (Phi) is 6.44. The van der Waals surface area contributed by atoms with Crippen LogP contribution in [0.5, 0.6) is 0 Å². The second kappa shape index (κ2) is 7.05. The van der Waals surface area contributed by atoms with Gasteiger partial charge < -0.3 is 20.5 Å². The number of carbonyl (C=O) groups is 2. The number of carboxylic acids is 1. The number of nitrogens with one attached hydrogen (secondary N) is 2. The molecule has 0 fully saturated rings. The fourth-order valence-corrected chi connectivity index (χ4v) is 0.860. The van der Waals surface area contributed by atoms with E-state index in [-0.39, 0.29) is 6.04 Å². The summed E-state index contributed by atoms with van der Waals surface area (Å²) in [6, 6.07) is -1.55. The molecule has 0 aliphatic heterocycles. The highest BCUT2D eigenvalue weighted by atomic mass is 16.5. The van der Waals surface area contributed by atoms with E-state index < -0.39 is 18.0 Å². The Bertz CT molecular complexity index is 220. The highest BCUT2D eigenvalue weighted by molar-refractivity contribution is 5.82. The van der Waals surface area contributed by atoms with E-state index in [1.165, 1.54) is 6.92 Å². The predicted molar refractivity (Wildman–Crippen MR) is 54.7 cm³/mol. The Morgan fingerprint density at radius 3 is 2.40 bits per heavy atom. The molecule has 2 unspecified atom stereocenters. The lowest BCUT2D eigenvalue weighted by molar-refractivity contribution is -0.138. The van der Waals surface area contributed by atoms with Crippen LogP contribution in [0.25, 0.3) is 0 Å². The first-order chi connectivity index (χ1) is 6.97. The Morgan fingerprint density at radius 2 is 1.93 bits per heavy atom. The van der Waals surface area contributed by atoms with Gasteiger partial charge in [-0.05, 0) is 20.8 Å². The Hall–Kier alpha value is -1.30. The first kappa shape index (κ1) is 13.7. The lowest BCUT2D eigenvalue weighted by atomic mass is 10.3. The molecule has 0 rings (SSSR count). The second-order valence-electron chi connectivity index (χ2n) is 3.24. The van der Waals surface area contributed by atoms with Crippen LogP contribution in [0.2, 0.25) is 0 Å². The van der Waals surface area contributed by atoms with Gasteiger partial charge in [-0.3, -0.25) is 4.79 Å². The number of urea groups is 1. The van der Waals surface area contributed by atoms with E-state index in [1.54, 1.807) is 6.92 Å². The van der Waals surface area contributed by atoms with Crippen molar-refractivity contribution in [2.75, 3.05) is 13.2 Å². The smallest absolute Gasteiger partial charge is 0.325 e. The molecule has 0 aliphatic carbocycles. The van der Waals surface area contributed by atoms with Crippen LogP contribution in [0, 0.1) is 0 Å². The van der Waals surface area contributed by atoms with Crippen LogP contribution in [0.15, 0.2) is 0 Å². The van der Waals surface area contributed by atoms with E-state index >= 15 is 0 Å². The fourth-order valence-electron chi connectivity index (χ4n) is 0.860. The third-order valence-corrected chi connectivity index (χ3v) is 1.67. The molecule has 0 spiro atoms. The number of hydrogen-bond donors (Lipinski definition) is 3. The molecule has 0 aliphatic rings. The van der Waals surface area contributed by atoms with Gasteiger partial charge in [0.15, 0.2) is 0 Å². The second-order valence-corrected chi connectivity index (χ2v) is 3.24. The van der Waals surface area contributed by atoms with Gasteiger partial charge in [-0.2, -0.15) is 0 Å². The average molecular weight is 218 g/mol. The van der Waals surface area contributed by atoms with E-state index in [0.717, 1.165) is 0 Å². The van der Waals surface area contributed by atoms with E-state index in [9.17, 15) is 9.59 Å². The van der Waals surface area contributed by atoms with Crippen LogP contribution in [0.3, 0.4) is 0 Å². The van der Waals surface area contributed by atoms with Gasteiger partial charge in [0.05, 0.1) is 12.6 Å². The van der Waals surface area contributed by atoms with Crippen LogP contribution < -0.4 is 10.6 Å². The molecular formula is C9H18N2O4. The van der Waals surface area contributed by atoms with Crippen LogP contribution >= 0.6 is 0 Å². The highest BCUT2D eigenvalue weighted by Gasteiger charge is 2.14. The average Bonchev–Trinajstić information content (AvgIpc) is 2.14. The summed E-state index contributed by atoms with van der Waals surface area (Å²) in [4.78, 5) is 21.6. The van der Waals surface area contributed by atoms with Gasteiger partial charge >= 0.3 is 12.0 Å². The molecular weight excluding hydrogens is 200 g/mol.